The minimum absolute atomic E-state index is 0.0741. The van der Waals surface area contributed by atoms with E-state index < -0.39 is 11.4 Å². The van der Waals surface area contributed by atoms with Crippen molar-refractivity contribution in [2.45, 2.75) is 54.4 Å². The first-order valence-corrected chi connectivity index (χ1v) is 6.61. The van der Waals surface area contributed by atoms with Gasteiger partial charge in [0.15, 0.2) is 0 Å². The van der Waals surface area contributed by atoms with Crippen molar-refractivity contribution in [1.82, 2.24) is 5.32 Å². The van der Waals surface area contributed by atoms with E-state index >= 15 is 0 Å². The van der Waals surface area contributed by atoms with Crippen LogP contribution < -0.4 is 5.32 Å². The minimum Gasteiger partial charge on any atom is -0.481 e. The van der Waals surface area contributed by atoms with E-state index in [1.165, 1.54) is 0 Å². The Kier molecular flexibility index (Phi) is 5.84. The van der Waals surface area contributed by atoms with Gasteiger partial charge in [-0.25, -0.2) is 0 Å². The molecule has 0 aromatic rings. The molecule has 1 atom stereocenters. The lowest BCUT2D eigenvalue weighted by atomic mass is 9.80. The second-order valence-corrected chi connectivity index (χ2v) is 6.10. The fourth-order valence-electron chi connectivity index (χ4n) is 1.68. The summed E-state index contributed by atoms with van der Waals surface area (Å²) in [7, 11) is 0. The minimum atomic E-state index is -0.840. The van der Waals surface area contributed by atoms with Crippen molar-refractivity contribution >= 4 is 11.9 Å². The molecule has 0 bridgehead atoms. The molecule has 0 aliphatic rings. The predicted molar refractivity (Wildman–Crippen MR) is 72.3 cm³/mol. The molecule has 0 aliphatic carbocycles. The number of carboxylic acids is 1. The smallest absolute Gasteiger partial charge is 0.311 e. The van der Waals surface area contributed by atoms with E-state index in [0.717, 1.165) is 0 Å². The van der Waals surface area contributed by atoms with E-state index in [0.29, 0.717) is 12.8 Å². The van der Waals surface area contributed by atoms with Crippen molar-refractivity contribution in [1.29, 1.82) is 0 Å². The van der Waals surface area contributed by atoms with E-state index in [1.807, 2.05) is 41.5 Å². The van der Waals surface area contributed by atoms with E-state index in [4.69, 9.17) is 0 Å². The monoisotopic (exact) mass is 257 g/mol. The maximum absolute atomic E-state index is 12.0. The number of carbonyl (C=O) groups excluding carboxylic acids is 1. The molecule has 0 aromatic carbocycles. The number of nitrogens with one attached hydrogen (secondary N) is 1. The third kappa shape index (κ3) is 4.00. The van der Waals surface area contributed by atoms with E-state index in [9.17, 15) is 14.7 Å². The lowest BCUT2D eigenvalue weighted by molar-refractivity contribution is -0.149. The highest BCUT2D eigenvalue weighted by Crippen LogP contribution is 2.28. The number of hydrogen-bond donors (Lipinski definition) is 2. The normalized spacial score (nSPS) is 14.1. The van der Waals surface area contributed by atoms with Gasteiger partial charge in [-0.05, 0) is 18.3 Å². The largest absolute Gasteiger partial charge is 0.481 e. The van der Waals surface area contributed by atoms with Gasteiger partial charge < -0.3 is 10.4 Å². The van der Waals surface area contributed by atoms with E-state index in [1.54, 1.807) is 0 Å². The van der Waals surface area contributed by atoms with Crippen LogP contribution in [0.1, 0.15) is 54.4 Å². The number of amides is 1. The molecule has 0 fully saturated rings. The summed E-state index contributed by atoms with van der Waals surface area (Å²) in [5.74, 6) is -1.05. The zero-order chi connectivity index (χ0) is 14.6. The van der Waals surface area contributed by atoms with Crippen LogP contribution in [-0.2, 0) is 9.59 Å². The van der Waals surface area contributed by atoms with Gasteiger partial charge in [-0.2, -0.15) is 0 Å². The van der Waals surface area contributed by atoms with Crippen LogP contribution in [0.2, 0.25) is 0 Å². The molecule has 2 N–H and O–H groups in total. The average molecular weight is 257 g/mol. The van der Waals surface area contributed by atoms with Crippen LogP contribution in [0.4, 0.5) is 0 Å². The van der Waals surface area contributed by atoms with Crippen LogP contribution in [0.5, 0.6) is 0 Å². The van der Waals surface area contributed by atoms with Crippen molar-refractivity contribution in [3.05, 3.63) is 0 Å². The van der Waals surface area contributed by atoms with Gasteiger partial charge in [-0.1, -0.05) is 41.5 Å². The van der Waals surface area contributed by atoms with Crippen molar-refractivity contribution in [3.63, 3.8) is 0 Å². The molecule has 0 radical (unpaired) electrons. The fourth-order valence-corrected chi connectivity index (χ4v) is 1.68. The van der Waals surface area contributed by atoms with E-state index in [2.05, 4.69) is 5.32 Å². The number of rotatable bonds is 6. The summed E-state index contributed by atoms with van der Waals surface area (Å²) >= 11 is 0. The molecule has 18 heavy (non-hydrogen) atoms. The summed E-state index contributed by atoms with van der Waals surface area (Å²) in [5.41, 5.74) is -0.957. The summed E-state index contributed by atoms with van der Waals surface area (Å²) in [6, 6.07) is 0. The molecule has 1 amide bonds. The predicted octanol–water partition coefficient (Wildman–Crippen LogP) is 2.68. The number of aliphatic carboxylic acids is 1. The van der Waals surface area contributed by atoms with Crippen LogP contribution >= 0.6 is 0 Å². The van der Waals surface area contributed by atoms with Gasteiger partial charge >= 0.3 is 5.97 Å². The number of carboxylic acid groups (broad SMARTS) is 1. The Hall–Kier alpha value is -1.06. The zero-order valence-electron chi connectivity index (χ0n) is 12.5. The summed E-state index contributed by atoms with van der Waals surface area (Å²) in [6.07, 6.45) is 1.03. The van der Waals surface area contributed by atoms with Gasteiger partial charge in [0.2, 0.25) is 5.91 Å². The molecule has 0 saturated carbocycles. The molecule has 0 rings (SSSR count). The first-order valence-electron chi connectivity index (χ1n) is 6.61. The number of hydrogen-bond acceptors (Lipinski definition) is 2. The van der Waals surface area contributed by atoms with Crippen molar-refractivity contribution in [2.75, 3.05) is 6.54 Å². The average Bonchev–Trinajstić information content (AvgIpc) is 2.28. The second kappa shape index (κ2) is 6.21. The van der Waals surface area contributed by atoms with Crippen molar-refractivity contribution in [2.24, 2.45) is 16.7 Å². The highest BCUT2D eigenvalue weighted by molar-refractivity contribution is 5.81. The molecular weight excluding hydrogens is 230 g/mol. The maximum atomic E-state index is 12.0. The molecule has 1 unspecified atom stereocenters. The Morgan fingerprint density at radius 1 is 1.17 bits per heavy atom. The highest BCUT2D eigenvalue weighted by atomic mass is 16.4. The van der Waals surface area contributed by atoms with Crippen LogP contribution in [0.25, 0.3) is 0 Å². The second-order valence-electron chi connectivity index (χ2n) is 6.10. The van der Waals surface area contributed by atoms with Crippen LogP contribution in [0.3, 0.4) is 0 Å². The zero-order valence-corrected chi connectivity index (χ0v) is 12.5. The van der Waals surface area contributed by atoms with Gasteiger partial charge in [0.1, 0.15) is 0 Å². The molecule has 4 nitrogen and oxygen atoms in total. The lowest BCUT2D eigenvalue weighted by Gasteiger charge is -2.30. The van der Waals surface area contributed by atoms with Crippen molar-refractivity contribution in [3.8, 4) is 0 Å². The first-order chi connectivity index (χ1) is 8.10. The van der Waals surface area contributed by atoms with Gasteiger partial charge in [0.25, 0.3) is 0 Å². The highest BCUT2D eigenvalue weighted by Gasteiger charge is 2.36. The van der Waals surface area contributed by atoms with Gasteiger partial charge in [0, 0.05) is 12.5 Å². The Morgan fingerprint density at radius 2 is 1.61 bits per heavy atom. The molecule has 106 valence electrons. The molecule has 0 spiro atoms. The Labute approximate surface area is 110 Å². The lowest BCUT2D eigenvalue weighted by Crippen LogP contribution is -2.45. The molecule has 0 aromatic heterocycles. The standard InChI is InChI=1S/C14H27NO3/c1-7-14(8-2,12(17)18)9-15-11(16)10(3)13(4,5)6/h10H,7-9H2,1-6H3,(H,15,16)(H,17,18). The summed E-state index contributed by atoms with van der Waals surface area (Å²) in [4.78, 5) is 23.3. The summed E-state index contributed by atoms with van der Waals surface area (Å²) in [5, 5.41) is 12.1. The van der Waals surface area contributed by atoms with Crippen molar-refractivity contribution < 1.29 is 14.7 Å². The number of carbonyl (C=O) groups is 2. The summed E-state index contributed by atoms with van der Waals surface area (Å²) in [6.45, 7) is 11.8. The molecular formula is C14H27NO3. The fraction of sp³-hybridized carbons (Fsp3) is 0.857. The van der Waals surface area contributed by atoms with Crippen LogP contribution in [0.15, 0.2) is 0 Å². The topological polar surface area (TPSA) is 66.4 Å². The summed E-state index contributed by atoms with van der Waals surface area (Å²) < 4.78 is 0. The van der Waals surface area contributed by atoms with Crippen LogP contribution in [-0.4, -0.2) is 23.5 Å². The third-order valence-electron chi connectivity index (χ3n) is 4.10. The third-order valence-corrected chi connectivity index (χ3v) is 4.10. The molecule has 0 aliphatic heterocycles. The SMILES string of the molecule is CCC(CC)(CNC(=O)C(C)C(C)(C)C)C(=O)O. The van der Waals surface area contributed by atoms with Gasteiger partial charge in [0.05, 0.1) is 5.41 Å². The molecule has 0 heterocycles. The van der Waals surface area contributed by atoms with Crippen LogP contribution in [0, 0.1) is 16.7 Å². The van der Waals surface area contributed by atoms with Gasteiger partial charge in [-0.3, -0.25) is 9.59 Å². The van der Waals surface area contributed by atoms with Gasteiger partial charge in [-0.15, -0.1) is 0 Å². The molecule has 4 heteroatoms. The molecule has 0 saturated heterocycles. The Bertz CT molecular complexity index is 301. The van der Waals surface area contributed by atoms with E-state index in [-0.39, 0.29) is 23.8 Å². The Balaban J connectivity index is 4.65. The Morgan fingerprint density at radius 3 is 1.89 bits per heavy atom. The maximum Gasteiger partial charge on any atom is 0.311 e. The first kappa shape index (κ1) is 16.9. The quantitative estimate of drug-likeness (QED) is 0.768.